The summed E-state index contributed by atoms with van der Waals surface area (Å²) >= 11 is 0. The Bertz CT molecular complexity index is 134. The molecule has 0 saturated carbocycles. The van der Waals surface area contributed by atoms with Gasteiger partial charge < -0.3 is 11.1 Å². The topological polar surface area (TPSA) is 49.9 Å². The predicted octanol–water partition coefficient (Wildman–Crippen LogP) is 1.10. The van der Waals surface area contributed by atoms with E-state index >= 15 is 0 Å². The zero-order valence-electron chi connectivity index (χ0n) is 5.59. The average Bonchev–Trinajstić information content (AvgIpc) is 1.91. The fraction of sp³-hybridized carbons (Fsp3) is 0.286. The van der Waals surface area contributed by atoms with Crippen LogP contribution in [0.5, 0.6) is 0 Å². The van der Waals surface area contributed by atoms with Crippen LogP contribution >= 0.6 is 0 Å². The fourth-order valence-corrected chi connectivity index (χ4v) is 0.395. The summed E-state index contributed by atoms with van der Waals surface area (Å²) in [5, 5.41) is 6.83. The van der Waals surface area contributed by atoms with E-state index in [9.17, 15) is 0 Å². The number of hydrogen-bond acceptors (Lipinski definition) is 2. The van der Waals surface area contributed by atoms with Gasteiger partial charge in [0.05, 0.1) is 0 Å². The maximum atomic E-state index is 6.83. The maximum absolute atomic E-state index is 6.83. The first kappa shape index (κ1) is 8.11. The summed E-state index contributed by atoms with van der Waals surface area (Å²) in [6, 6.07) is 0. The summed E-state index contributed by atoms with van der Waals surface area (Å²) in [6.45, 7) is 2.36. The van der Waals surface area contributed by atoms with Crippen LogP contribution in [-0.2, 0) is 0 Å². The summed E-state index contributed by atoms with van der Waals surface area (Å²) in [7, 11) is 0. The summed E-state index contributed by atoms with van der Waals surface area (Å²) < 4.78 is 0. The molecule has 2 heteroatoms. The molecular weight excluding hydrogens is 112 g/mol. The number of hydrogen-bond donors (Lipinski definition) is 2. The van der Waals surface area contributed by atoms with Gasteiger partial charge in [0.15, 0.2) is 0 Å². The lowest BCUT2D eigenvalue weighted by molar-refractivity contribution is 1.21. The first-order valence-electron chi connectivity index (χ1n) is 2.87. The Morgan fingerprint density at radius 3 is 2.67 bits per heavy atom. The Morgan fingerprint density at radius 1 is 1.67 bits per heavy atom. The summed E-state index contributed by atoms with van der Waals surface area (Å²) in [6.07, 6.45) is 6.86. The molecule has 0 saturated heterocycles. The van der Waals surface area contributed by atoms with Gasteiger partial charge in [-0.05, 0) is 12.5 Å². The van der Waals surface area contributed by atoms with Crippen LogP contribution in [0.3, 0.4) is 0 Å². The second-order valence-corrected chi connectivity index (χ2v) is 1.62. The second kappa shape index (κ2) is 5.25. The van der Waals surface area contributed by atoms with Crippen LogP contribution in [0.1, 0.15) is 6.92 Å². The standard InChI is InChI=1S/C7H12N2/c1-2-3-4-7(5-8)6-9/h2-5,8H,6,9H2,1H3/b3-2+,7-4+,8-5?. The molecular formula is C7H12N2. The van der Waals surface area contributed by atoms with Crippen molar-refractivity contribution in [2.75, 3.05) is 6.54 Å². The molecule has 0 atom stereocenters. The van der Waals surface area contributed by atoms with Crippen molar-refractivity contribution in [1.29, 1.82) is 5.41 Å². The Labute approximate surface area is 55.6 Å². The van der Waals surface area contributed by atoms with E-state index in [0.717, 1.165) is 5.57 Å². The van der Waals surface area contributed by atoms with Crippen LogP contribution in [0.25, 0.3) is 0 Å². The van der Waals surface area contributed by atoms with E-state index in [1.165, 1.54) is 6.21 Å². The van der Waals surface area contributed by atoms with Gasteiger partial charge in [0, 0.05) is 12.8 Å². The van der Waals surface area contributed by atoms with E-state index in [1.807, 2.05) is 25.2 Å². The number of nitrogens with one attached hydrogen (secondary N) is 1. The van der Waals surface area contributed by atoms with Crippen LogP contribution in [0, 0.1) is 5.41 Å². The van der Waals surface area contributed by atoms with Gasteiger partial charge in [-0.15, -0.1) is 0 Å². The Hall–Kier alpha value is -0.890. The van der Waals surface area contributed by atoms with Gasteiger partial charge in [0.25, 0.3) is 0 Å². The third-order valence-corrected chi connectivity index (χ3v) is 0.924. The van der Waals surface area contributed by atoms with E-state index in [0.29, 0.717) is 6.54 Å². The summed E-state index contributed by atoms with van der Waals surface area (Å²) in [5.74, 6) is 0. The molecule has 0 unspecified atom stereocenters. The highest BCUT2D eigenvalue weighted by atomic mass is 14.5. The van der Waals surface area contributed by atoms with Crippen LogP contribution in [0.2, 0.25) is 0 Å². The van der Waals surface area contributed by atoms with Gasteiger partial charge in [-0.25, -0.2) is 0 Å². The fourth-order valence-electron chi connectivity index (χ4n) is 0.395. The van der Waals surface area contributed by atoms with E-state index in [1.54, 1.807) is 0 Å². The van der Waals surface area contributed by atoms with Gasteiger partial charge in [-0.2, -0.15) is 0 Å². The third kappa shape index (κ3) is 3.67. The summed E-state index contributed by atoms with van der Waals surface area (Å²) in [4.78, 5) is 0. The minimum Gasteiger partial charge on any atom is -0.326 e. The molecule has 0 rings (SSSR count). The average molecular weight is 124 g/mol. The quantitative estimate of drug-likeness (QED) is 0.429. The highest BCUT2D eigenvalue weighted by Crippen LogP contribution is 1.85. The largest absolute Gasteiger partial charge is 0.326 e. The molecule has 0 aromatic heterocycles. The van der Waals surface area contributed by atoms with Crippen LogP contribution in [0.15, 0.2) is 23.8 Å². The molecule has 2 nitrogen and oxygen atoms in total. The van der Waals surface area contributed by atoms with Crippen molar-refractivity contribution in [3.8, 4) is 0 Å². The van der Waals surface area contributed by atoms with E-state index in [4.69, 9.17) is 11.1 Å². The molecule has 0 bridgehead atoms. The van der Waals surface area contributed by atoms with Gasteiger partial charge >= 0.3 is 0 Å². The Balaban J connectivity index is 3.90. The highest BCUT2D eigenvalue weighted by molar-refractivity contribution is 5.76. The molecule has 0 heterocycles. The molecule has 0 aliphatic carbocycles. The molecule has 0 aliphatic rings. The minimum absolute atomic E-state index is 0.438. The molecule has 3 N–H and O–H groups in total. The lowest BCUT2D eigenvalue weighted by Crippen LogP contribution is -2.02. The van der Waals surface area contributed by atoms with Gasteiger partial charge in [0.1, 0.15) is 0 Å². The van der Waals surface area contributed by atoms with E-state index in [2.05, 4.69) is 0 Å². The van der Waals surface area contributed by atoms with Crippen LogP contribution in [-0.4, -0.2) is 12.8 Å². The van der Waals surface area contributed by atoms with E-state index < -0.39 is 0 Å². The third-order valence-electron chi connectivity index (χ3n) is 0.924. The zero-order valence-corrected chi connectivity index (χ0v) is 5.59. The summed E-state index contributed by atoms with van der Waals surface area (Å²) in [5.41, 5.74) is 6.11. The molecule has 0 spiro atoms. The van der Waals surface area contributed by atoms with Crippen molar-refractivity contribution < 1.29 is 0 Å². The zero-order chi connectivity index (χ0) is 7.11. The highest BCUT2D eigenvalue weighted by Gasteiger charge is 1.81. The lowest BCUT2D eigenvalue weighted by Gasteiger charge is -1.88. The van der Waals surface area contributed by atoms with Crippen LogP contribution in [0.4, 0.5) is 0 Å². The molecule has 0 aliphatic heterocycles. The smallest absolute Gasteiger partial charge is 0.0222 e. The van der Waals surface area contributed by atoms with Gasteiger partial charge in [0.2, 0.25) is 0 Å². The maximum Gasteiger partial charge on any atom is 0.0222 e. The van der Waals surface area contributed by atoms with Crippen LogP contribution < -0.4 is 5.73 Å². The molecule has 0 aromatic rings. The lowest BCUT2D eigenvalue weighted by atomic mass is 10.2. The number of allylic oxidation sites excluding steroid dienone is 3. The van der Waals surface area contributed by atoms with Crippen molar-refractivity contribution in [2.24, 2.45) is 5.73 Å². The second-order valence-electron chi connectivity index (χ2n) is 1.62. The predicted molar refractivity (Wildman–Crippen MR) is 40.7 cm³/mol. The first-order chi connectivity index (χ1) is 4.35. The van der Waals surface area contributed by atoms with Crippen molar-refractivity contribution in [3.05, 3.63) is 23.8 Å². The molecule has 50 valence electrons. The van der Waals surface area contributed by atoms with Crippen molar-refractivity contribution in [1.82, 2.24) is 0 Å². The number of nitrogens with two attached hydrogens (primary N) is 1. The number of rotatable bonds is 3. The van der Waals surface area contributed by atoms with Crippen molar-refractivity contribution in [3.63, 3.8) is 0 Å². The molecule has 9 heavy (non-hydrogen) atoms. The van der Waals surface area contributed by atoms with E-state index in [-0.39, 0.29) is 0 Å². The molecule has 0 radical (unpaired) electrons. The Morgan fingerprint density at radius 2 is 2.33 bits per heavy atom. The Kier molecular flexibility index (Phi) is 4.73. The molecule has 0 aromatic carbocycles. The molecule has 0 amide bonds. The SMILES string of the molecule is C/C=C/C=C(\C=N)CN. The van der Waals surface area contributed by atoms with Gasteiger partial charge in [-0.1, -0.05) is 18.2 Å². The monoisotopic (exact) mass is 124 g/mol. The minimum atomic E-state index is 0.438. The van der Waals surface area contributed by atoms with Crippen molar-refractivity contribution in [2.45, 2.75) is 6.92 Å². The van der Waals surface area contributed by atoms with Crippen molar-refractivity contribution >= 4 is 6.21 Å². The first-order valence-corrected chi connectivity index (χ1v) is 2.87. The molecule has 0 fully saturated rings. The van der Waals surface area contributed by atoms with Gasteiger partial charge in [-0.3, -0.25) is 0 Å². The normalized spacial score (nSPS) is 12.4.